The number of likely N-dealkylation sites (tertiary alicyclic amines) is 1. The van der Waals surface area contributed by atoms with Gasteiger partial charge in [0, 0.05) is 47.3 Å². The highest BCUT2D eigenvalue weighted by Crippen LogP contribution is 2.64. The molecule has 5 aliphatic rings. The lowest BCUT2D eigenvalue weighted by Crippen LogP contribution is -2.61. The van der Waals surface area contributed by atoms with Crippen LogP contribution in [0.1, 0.15) is 82.3 Å². The van der Waals surface area contributed by atoms with E-state index < -0.39 is 28.7 Å². The number of halogens is 3. The fourth-order valence-electron chi connectivity index (χ4n) is 9.08. The van der Waals surface area contributed by atoms with Gasteiger partial charge in [0.05, 0.1) is 17.2 Å². The number of aliphatic hydroxyl groups is 1. The minimum atomic E-state index is -1.26. The van der Waals surface area contributed by atoms with Gasteiger partial charge in [0.15, 0.2) is 0 Å². The van der Waals surface area contributed by atoms with Crippen molar-refractivity contribution in [3.8, 4) is 0 Å². The van der Waals surface area contributed by atoms with Crippen LogP contribution in [0.2, 0.25) is 10.0 Å². The second-order valence-electron chi connectivity index (χ2n) is 14.6. The van der Waals surface area contributed by atoms with Crippen molar-refractivity contribution >= 4 is 40.7 Å². The van der Waals surface area contributed by atoms with E-state index in [0.717, 1.165) is 57.2 Å². The third-order valence-electron chi connectivity index (χ3n) is 11.5. The number of benzene rings is 2. The Labute approximate surface area is 268 Å². The third kappa shape index (κ3) is 4.70. The molecule has 3 atom stereocenters. The van der Waals surface area contributed by atoms with Gasteiger partial charge in [-0.3, -0.25) is 19.8 Å². The lowest BCUT2D eigenvalue weighted by Gasteiger charge is -2.50. The number of fused-ring (bicyclic) bond motifs is 3. The Bertz CT molecular complexity index is 1480. The zero-order valence-electron chi connectivity index (χ0n) is 25.3. The third-order valence-corrected chi connectivity index (χ3v) is 12.0. The van der Waals surface area contributed by atoms with E-state index in [9.17, 15) is 14.7 Å². The summed E-state index contributed by atoms with van der Waals surface area (Å²) in [4.78, 5) is 31.4. The number of carbonyl (C=O) groups excluding carboxylic acids is 2. The first-order valence-corrected chi connectivity index (χ1v) is 16.8. The SMILES string of the molecule is CC1(C)CCC2(CC1)N[C@@H](C(=O)NC1CCC(N3CC(O)C3)CC1)[C@H](c1cccc(Cl)c1F)[C@]21C(=O)Nc2cc(Cl)ccc21. The number of nitrogens with one attached hydrogen (secondary N) is 3. The van der Waals surface area contributed by atoms with Gasteiger partial charge in [0.25, 0.3) is 0 Å². The zero-order chi connectivity index (χ0) is 31.0. The number of β-amino-alcohol motifs (C(OH)–C–C–N with tert-alkyl or cyclic N) is 1. The van der Waals surface area contributed by atoms with Gasteiger partial charge in [-0.05, 0) is 86.1 Å². The molecule has 7 nitrogen and oxygen atoms in total. The van der Waals surface area contributed by atoms with Crippen LogP contribution in [0, 0.1) is 11.2 Å². The lowest BCUT2D eigenvalue weighted by molar-refractivity contribution is -0.125. The van der Waals surface area contributed by atoms with Crippen LogP contribution in [0.4, 0.5) is 10.1 Å². The molecule has 0 aromatic heterocycles. The molecule has 2 spiro atoms. The number of hydrogen-bond acceptors (Lipinski definition) is 5. The standard InChI is InChI=1S/C34H41Cl2FN4O3/c1-32(2)12-14-33(15-13-32)34(24-11-6-19(35)16-26(24)39-31(34)44)27(23-4-3-5-25(36)28(23)37)29(40-33)30(43)38-20-7-9-21(10-8-20)41-17-22(42)18-41/h3-6,11,16,20-22,27,29,40,42H,7-10,12-15,17-18H2,1-2H3,(H,38,43)(H,39,44)/t20?,21?,27-,29+,34+/m0/s1. The average Bonchev–Trinajstić information content (AvgIpc) is 3.43. The Kier molecular flexibility index (Phi) is 7.57. The molecular weight excluding hydrogens is 602 g/mol. The predicted molar refractivity (Wildman–Crippen MR) is 170 cm³/mol. The Morgan fingerprint density at radius 2 is 1.75 bits per heavy atom. The van der Waals surface area contributed by atoms with Crippen molar-refractivity contribution in [2.24, 2.45) is 5.41 Å². The van der Waals surface area contributed by atoms with Crippen LogP contribution in [0.5, 0.6) is 0 Å². The van der Waals surface area contributed by atoms with E-state index in [1.165, 1.54) is 6.07 Å². The summed E-state index contributed by atoms with van der Waals surface area (Å²) in [6, 6.07) is 9.82. The molecule has 2 saturated carbocycles. The highest BCUT2D eigenvalue weighted by atomic mass is 35.5. The summed E-state index contributed by atoms with van der Waals surface area (Å²) in [5.41, 5.74) is -0.345. The Balaban J connectivity index is 1.29. The van der Waals surface area contributed by atoms with Gasteiger partial charge in [0.1, 0.15) is 11.2 Å². The highest BCUT2D eigenvalue weighted by Gasteiger charge is 2.73. The van der Waals surface area contributed by atoms with Crippen LogP contribution in [0.25, 0.3) is 0 Å². The average molecular weight is 644 g/mol. The molecule has 3 heterocycles. The summed E-state index contributed by atoms with van der Waals surface area (Å²) in [6.45, 7) is 5.91. The predicted octanol–water partition coefficient (Wildman–Crippen LogP) is 5.52. The van der Waals surface area contributed by atoms with Gasteiger partial charge in [-0.2, -0.15) is 0 Å². The maximum Gasteiger partial charge on any atom is 0.238 e. The number of anilines is 1. The fraction of sp³-hybridized carbons (Fsp3) is 0.588. The summed E-state index contributed by atoms with van der Waals surface area (Å²) in [6.07, 6.45) is 6.34. The summed E-state index contributed by atoms with van der Waals surface area (Å²) in [5, 5.41) is 20.3. The van der Waals surface area contributed by atoms with Crippen LogP contribution in [0.15, 0.2) is 36.4 Å². The fourth-order valence-corrected chi connectivity index (χ4v) is 9.43. The molecule has 0 unspecified atom stereocenters. The van der Waals surface area contributed by atoms with Crippen molar-refractivity contribution in [3.63, 3.8) is 0 Å². The summed E-state index contributed by atoms with van der Waals surface area (Å²) >= 11 is 12.8. The van der Waals surface area contributed by atoms with E-state index in [-0.39, 0.29) is 40.0 Å². The van der Waals surface area contributed by atoms with E-state index in [2.05, 4.69) is 34.7 Å². The molecule has 10 heteroatoms. The van der Waals surface area contributed by atoms with E-state index in [4.69, 9.17) is 23.2 Å². The number of carbonyl (C=O) groups is 2. The zero-order valence-corrected chi connectivity index (χ0v) is 26.8. The van der Waals surface area contributed by atoms with Crippen molar-refractivity contribution in [3.05, 3.63) is 63.4 Å². The molecule has 0 bridgehead atoms. The topological polar surface area (TPSA) is 93.7 Å². The van der Waals surface area contributed by atoms with Crippen LogP contribution >= 0.6 is 23.2 Å². The van der Waals surface area contributed by atoms with Crippen LogP contribution < -0.4 is 16.0 Å². The van der Waals surface area contributed by atoms with Crippen molar-refractivity contribution < 1.29 is 19.1 Å². The number of hydrogen-bond donors (Lipinski definition) is 4. The monoisotopic (exact) mass is 642 g/mol. The molecule has 2 saturated heterocycles. The first kappa shape index (κ1) is 30.4. The second-order valence-corrected chi connectivity index (χ2v) is 15.4. The summed E-state index contributed by atoms with van der Waals surface area (Å²) in [7, 11) is 0. The van der Waals surface area contributed by atoms with E-state index in [1.807, 2.05) is 6.07 Å². The minimum Gasteiger partial charge on any atom is -0.390 e. The Hall–Kier alpha value is -2.23. The van der Waals surface area contributed by atoms with Gasteiger partial charge in [0.2, 0.25) is 11.8 Å². The summed E-state index contributed by atoms with van der Waals surface area (Å²) < 4.78 is 16.1. The molecule has 4 fully saturated rings. The summed E-state index contributed by atoms with van der Waals surface area (Å²) in [5.74, 6) is -1.89. The van der Waals surface area contributed by atoms with Gasteiger partial charge in [-0.25, -0.2) is 4.39 Å². The van der Waals surface area contributed by atoms with Crippen molar-refractivity contribution in [1.82, 2.24) is 15.5 Å². The van der Waals surface area contributed by atoms with Crippen molar-refractivity contribution in [2.75, 3.05) is 18.4 Å². The molecule has 2 aromatic rings. The highest BCUT2D eigenvalue weighted by molar-refractivity contribution is 6.31. The van der Waals surface area contributed by atoms with Crippen LogP contribution in [0.3, 0.4) is 0 Å². The molecule has 4 N–H and O–H groups in total. The number of aliphatic hydroxyl groups excluding tert-OH is 1. The second kappa shape index (κ2) is 10.9. The van der Waals surface area contributed by atoms with Crippen molar-refractivity contribution in [2.45, 2.75) is 106 Å². The molecule has 236 valence electrons. The van der Waals surface area contributed by atoms with Gasteiger partial charge >= 0.3 is 0 Å². The van der Waals surface area contributed by atoms with Gasteiger partial charge < -0.3 is 15.7 Å². The first-order valence-electron chi connectivity index (χ1n) is 16.0. The number of rotatable bonds is 4. The van der Waals surface area contributed by atoms with E-state index in [0.29, 0.717) is 29.6 Å². The van der Waals surface area contributed by atoms with Gasteiger partial charge in [-0.1, -0.05) is 55.2 Å². The van der Waals surface area contributed by atoms with Crippen molar-refractivity contribution in [1.29, 1.82) is 0 Å². The molecule has 0 radical (unpaired) electrons. The Morgan fingerprint density at radius 3 is 2.43 bits per heavy atom. The molecule has 2 amide bonds. The molecule has 44 heavy (non-hydrogen) atoms. The lowest BCUT2D eigenvalue weighted by atomic mass is 9.53. The minimum absolute atomic E-state index is 0.0158. The number of nitrogens with zero attached hydrogens (tertiary/aromatic N) is 1. The Morgan fingerprint density at radius 1 is 1.05 bits per heavy atom. The maximum absolute atomic E-state index is 16.1. The van der Waals surface area contributed by atoms with Crippen LogP contribution in [-0.2, 0) is 15.0 Å². The molecule has 3 aliphatic heterocycles. The van der Waals surface area contributed by atoms with E-state index in [1.54, 1.807) is 24.3 Å². The molecular formula is C34H41Cl2FN4O3. The quantitative estimate of drug-likeness (QED) is 0.352. The largest absolute Gasteiger partial charge is 0.390 e. The van der Waals surface area contributed by atoms with Crippen LogP contribution in [-0.4, -0.2) is 64.7 Å². The molecule has 7 rings (SSSR count). The smallest absolute Gasteiger partial charge is 0.238 e. The maximum atomic E-state index is 16.1. The normalized spacial score (nSPS) is 32.8. The first-order chi connectivity index (χ1) is 20.9. The molecule has 2 aliphatic carbocycles. The molecule has 2 aromatic carbocycles. The number of amides is 2. The van der Waals surface area contributed by atoms with Gasteiger partial charge in [-0.15, -0.1) is 0 Å². The van der Waals surface area contributed by atoms with E-state index >= 15 is 4.39 Å².